The Morgan fingerprint density at radius 3 is 2.68 bits per heavy atom. The number of rotatable bonds is 7. The third-order valence-electron chi connectivity index (χ3n) is 5.82. The van der Waals surface area contributed by atoms with Crippen LogP contribution in [0.25, 0.3) is 38.6 Å². The molecule has 0 bridgehead atoms. The van der Waals surface area contributed by atoms with Gasteiger partial charge in [0.2, 0.25) is 4.96 Å². The van der Waals surface area contributed by atoms with E-state index in [4.69, 9.17) is 18.6 Å². The van der Waals surface area contributed by atoms with Gasteiger partial charge < -0.3 is 18.6 Å². The highest BCUT2D eigenvalue weighted by Gasteiger charge is 2.17. The van der Waals surface area contributed by atoms with Crippen LogP contribution in [-0.2, 0) is 6.61 Å². The van der Waals surface area contributed by atoms with Gasteiger partial charge >= 0.3 is 0 Å². The second-order valence-corrected chi connectivity index (χ2v) is 9.35. The molecule has 0 unspecified atom stereocenters. The lowest BCUT2D eigenvalue weighted by Gasteiger charge is -2.11. The molecule has 0 fully saturated rings. The normalized spacial score (nSPS) is 11.4. The maximum atomic E-state index is 14.5. The number of ether oxygens (including phenoxy) is 3. The van der Waals surface area contributed by atoms with Gasteiger partial charge in [0.25, 0.3) is 5.19 Å². The SMILES string of the molecule is COc1cc(OCc2cc(F)cc(-c3ccc(C)cn3)c2)c2cc(-c3cn4nc(OC)sc4n3)oc2c1. The van der Waals surface area contributed by atoms with Gasteiger partial charge in [-0.1, -0.05) is 6.07 Å². The molecule has 37 heavy (non-hydrogen) atoms. The molecule has 0 amide bonds. The molecule has 0 spiro atoms. The standard InChI is InChI=1S/C27H21FN4O4S/c1-15-4-5-21(29-12-15)17-6-16(7-18(28)8-17)14-35-23-9-19(33-2)10-24-20(23)11-25(36-24)22-13-32-26(30-22)37-27(31-32)34-3/h4-13H,14H2,1-3H3. The van der Waals surface area contributed by atoms with E-state index in [0.29, 0.717) is 55.5 Å². The molecule has 6 rings (SSSR count). The molecule has 0 aliphatic heterocycles. The maximum Gasteiger partial charge on any atom is 0.294 e. The fourth-order valence-electron chi connectivity index (χ4n) is 4.01. The average Bonchev–Trinajstić information content (AvgIpc) is 3.60. The number of aromatic nitrogens is 4. The highest BCUT2D eigenvalue weighted by Crippen LogP contribution is 2.37. The van der Waals surface area contributed by atoms with Gasteiger partial charge in [0.1, 0.15) is 35.2 Å². The smallest absolute Gasteiger partial charge is 0.294 e. The first-order valence-electron chi connectivity index (χ1n) is 11.4. The van der Waals surface area contributed by atoms with E-state index in [2.05, 4.69) is 15.1 Å². The first kappa shape index (κ1) is 23.0. The van der Waals surface area contributed by atoms with E-state index >= 15 is 0 Å². The molecule has 186 valence electrons. The number of halogens is 1. The van der Waals surface area contributed by atoms with Crippen LogP contribution in [0.5, 0.6) is 16.7 Å². The largest absolute Gasteiger partial charge is 0.496 e. The van der Waals surface area contributed by atoms with Crippen LogP contribution in [0, 0.1) is 12.7 Å². The molecule has 0 atom stereocenters. The van der Waals surface area contributed by atoms with E-state index < -0.39 is 0 Å². The van der Waals surface area contributed by atoms with Gasteiger partial charge in [-0.25, -0.2) is 13.9 Å². The minimum atomic E-state index is -0.357. The van der Waals surface area contributed by atoms with Crippen molar-refractivity contribution in [2.24, 2.45) is 0 Å². The van der Waals surface area contributed by atoms with E-state index in [0.717, 1.165) is 10.9 Å². The van der Waals surface area contributed by atoms with Crippen molar-refractivity contribution in [1.82, 2.24) is 19.6 Å². The molecule has 4 heterocycles. The zero-order valence-corrected chi connectivity index (χ0v) is 21.0. The summed E-state index contributed by atoms with van der Waals surface area (Å²) in [5.41, 5.74) is 4.30. The molecule has 10 heteroatoms. The van der Waals surface area contributed by atoms with Crippen molar-refractivity contribution in [3.05, 3.63) is 77.9 Å². The predicted octanol–water partition coefficient (Wildman–Crippen LogP) is 6.31. The molecule has 0 radical (unpaired) electrons. The van der Waals surface area contributed by atoms with Crippen molar-refractivity contribution < 1.29 is 23.0 Å². The Balaban J connectivity index is 1.32. The van der Waals surface area contributed by atoms with Crippen LogP contribution in [0.3, 0.4) is 0 Å². The Morgan fingerprint density at radius 1 is 1.03 bits per heavy atom. The van der Waals surface area contributed by atoms with Crippen LogP contribution >= 0.6 is 11.3 Å². The first-order valence-corrected chi connectivity index (χ1v) is 12.2. The second kappa shape index (κ2) is 9.21. The minimum absolute atomic E-state index is 0.142. The van der Waals surface area contributed by atoms with Gasteiger partial charge in [-0.3, -0.25) is 4.98 Å². The minimum Gasteiger partial charge on any atom is -0.496 e. The van der Waals surface area contributed by atoms with Crippen molar-refractivity contribution in [1.29, 1.82) is 0 Å². The molecule has 4 aromatic heterocycles. The topological polar surface area (TPSA) is 83.9 Å². The van der Waals surface area contributed by atoms with E-state index in [1.165, 1.54) is 23.5 Å². The van der Waals surface area contributed by atoms with Crippen LogP contribution < -0.4 is 14.2 Å². The highest BCUT2D eigenvalue weighted by molar-refractivity contribution is 7.18. The Kier molecular flexibility index (Phi) is 5.72. The van der Waals surface area contributed by atoms with Crippen molar-refractivity contribution >= 4 is 27.3 Å². The Hall–Kier alpha value is -4.44. The van der Waals surface area contributed by atoms with Crippen LogP contribution in [0.4, 0.5) is 4.39 Å². The van der Waals surface area contributed by atoms with Crippen LogP contribution in [-0.4, -0.2) is 33.8 Å². The summed E-state index contributed by atoms with van der Waals surface area (Å²) < 4.78 is 39.0. The number of benzene rings is 2. The average molecular weight is 517 g/mol. The van der Waals surface area contributed by atoms with E-state index in [9.17, 15) is 4.39 Å². The van der Waals surface area contributed by atoms with Crippen molar-refractivity contribution in [2.45, 2.75) is 13.5 Å². The Morgan fingerprint density at radius 2 is 1.92 bits per heavy atom. The zero-order chi connectivity index (χ0) is 25.5. The van der Waals surface area contributed by atoms with Crippen molar-refractivity contribution in [2.75, 3.05) is 14.2 Å². The fraction of sp³-hybridized carbons (Fsp3) is 0.148. The molecule has 0 aliphatic rings. The zero-order valence-electron chi connectivity index (χ0n) is 20.2. The molecule has 2 aromatic carbocycles. The molecular formula is C27H21FN4O4S. The summed E-state index contributed by atoms with van der Waals surface area (Å²) in [5.74, 6) is 1.32. The lowest BCUT2D eigenvalue weighted by Crippen LogP contribution is -1.98. The fourth-order valence-corrected chi connectivity index (χ4v) is 4.71. The number of imidazole rings is 1. The third kappa shape index (κ3) is 4.47. The monoisotopic (exact) mass is 516 g/mol. The summed E-state index contributed by atoms with van der Waals surface area (Å²) in [6, 6.07) is 14.0. The summed E-state index contributed by atoms with van der Waals surface area (Å²) in [6.45, 7) is 2.10. The van der Waals surface area contributed by atoms with E-state index in [1.54, 1.807) is 43.3 Å². The van der Waals surface area contributed by atoms with Crippen molar-refractivity contribution in [3.63, 3.8) is 0 Å². The number of nitrogens with zero attached hydrogens (tertiary/aromatic N) is 4. The van der Waals surface area contributed by atoms with Gasteiger partial charge in [-0.2, -0.15) is 0 Å². The first-order chi connectivity index (χ1) is 18.0. The second-order valence-electron chi connectivity index (χ2n) is 8.43. The Labute approximate surface area is 214 Å². The highest BCUT2D eigenvalue weighted by atomic mass is 32.1. The van der Waals surface area contributed by atoms with Gasteiger partial charge in [-0.05, 0) is 59.7 Å². The van der Waals surface area contributed by atoms with Gasteiger partial charge in [-0.15, -0.1) is 5.10 Å². The van der Waals surface area contributed by atoms with E-state index in [1.807, 2.05) is 31.2 Å². The van der Waals surface area contributed by atoms with Gasteiger partial charge in [0, 0.05) is 23.9 Å². The lowest BCUT2D eigenvalue weighted by atomic mass is 10.1. The van der Waals surface area contributed by atoms with Crippen LogP contribution in [0.1, 0.15) is 11.1 Å². The maximum absolute atomic E-state index is 14.5. The molecular weight excluding hydrogens is 495 g/mol. The number of furan rings is 1. The van der Waals surface area contributed by atoms with Gasteiger partial charge in [0.15, 0.2) is 5.76 Å². The number of hydrogen-bond donors (Lipinski definition) is 0. The summed E-state index contributed by atoms with van der Waals surface area (Å²) in [6.07, 6.45) is 3.54. The molecule has 0 aliphatic carbocycles. The number of fused-ring (bicyclic) bond motifs is 2. The van der Waals surface area contributed by atoms with Gasteiger partial charge in [0.05, 0.1) is 31.5 Å². The summed E-state index contributed by atoms with van der Waals surface area (Å²) in [7, 11) is 3.14. The quantitative estimate of drug-likeness (QED) is 0.246. The third-order valence-corrected chi connectivity index (χ3v) is 6.70. The number of hydrogen-bond acceptors (Lipinski definition) is 8. The summed E-state index contributed by atoms with van der Waals surface area (Å²) >= 11 is 1.33. The molecule has 0 saturated carbocycles. The summed E-state index contributed by atoms with van der Waals surface area (Å²) in [4.78, 5) is 9.69. The predicted molar refractivity (Wildman–Crippen MR) is 138 cm³/mol. The van der Waals surface area contributed by atoms with Crippen LogP contribution in [0.15, 0.2) is 65.3 Å². The molecule has 8 nitrogen and oxygen atoms in total. The molecule has 0 saturated heterocycles. The van der Waals surface area contributed by atoms with E-state index in [-0.39, 0.29) is 12.4 Å². The number of pyridine rings is 1. The van der Waals surface area contributed by atoms with Crippen LogP contribution in [0.2, 0.25) is 0 Å². The number of aryl methyl sites for hydroxylation is 1. The summed E-state index contributed by atoms with van der Waals surface area (Å²) in [5, 5.41) is 5.58. The number of methoxy groups -OCH3 is 2. The lowest BCUT2D eigenvalue weighted by molar-refractivity contribution is 0.307. The Bertz CT molecular complexity index is 1710. The van der Waals surface area contributed by atoms with Crippen molar-refractivity contribution in [3.8, 4) is 39.4 Å². The molecule has 0 N–H and O–H groups in total. The molecule has 6 aromatic rings.